The average Bonchev–Trinajstić information content (AvgIpc) is 2.34. The van der Waals surface area contributed by atoms with Crippen molar-refractivity contribution in [3.63, 3.8) is 0 Å². The van der Waals surface area contributed by atoms with Crippen LogP contribution in [0.15, 0.2) is 0 Å². The molecule has 0 fully saturated rings. The van der Waals surface area contributed by atoms with Crippen molar-refractivity contribution in [1.29, 1.82) is 0 Å². The second-order valence-corrected chi connectivity index (χ2v) is 5.07. The number of hydrogen-bond acceptors (Lipinski definition) is 3. The van der Waals surface area contributed by atoms with Crippen LogP contribution in [0.1, 0.15) is 58.8 Å². The van der Waals surface area contributed by atoms with Crippen LogP contribution in [-0.4, -0.2) is 33.4 Å². The maximum Gasteiger partial charge on any atom is 0.309 e. The minimum absolute atomic E-state index is 0.0238. The smallest absolute Gasteiger partial charge is 0.309 e. The van der Waals surface area contributed by atoms with E-state index >= 15 is 0 Å². The third-order valence-corrected chi connectivity index (χ3v) is 3.43. The van der Waals surface area contributed by atoms with E-state index in [1.807, 2.05) is 13.8 Å². The Labute approximate surface area is 114 Å². The minimum Gasteiger partial charge on any atom is -0.481 e. The second kappa shape index (κ2) is 9.78. The number of carboxylic acid groups (broad SMARTS) is 2. The molecule has 0 aliphatic carbocycles. The van der Waals surface area contributed by atoms with E-state index in [4.69, 9.17) is 10.2 Å². The number of unbranched alkanes of at least 4 members (excludes halogenated alkanes) is 2. The summed E-state index contributed by atoms with van der Waals surface area (Å²) in [5.41, 5.74) is 0. The first-order chi connectivity index (χ1) is 8.93. The van der Waals surface area contributed by atoms with Crippen LogP contribution in [0.2, 0.25) is 0 Å². The highest BCUT2D eigenvalue weighted by atomic mass is 16.4. The van der Waals surface area contributed by atoms with Crippen LogP contribution in [0, 0.1) is 11.8 Å². The van der Waals surface area contributed by atoms with E-state index in [1.165, 1.54) is 0 Å². The molecule has 3 N–H and O–H groups in total. The zero-order chi connectivity index (χ0) is 14.8. The number of rotatable bonds is 11. The first kappa shape index (κ1) is 17.9. The molecule has 0 aromatic heterocycles. The van der Waals surface area contributed by atoms with Gasteiger partial charge in [-0.1, -0.05) is 39.5 Å². The van der Waals surface area contributed by atoms with Gasteiger partial charge < -0.3 is 15.3 Å². The van der Waals surface area contributed by atoms with Gasteiger partial charge in [-0.25, -0.2) is 0 Å². The number of aliphatic hydroxyl groups is 1. The Balaban J connectivity index is 4.51. The molecule has 5 heteroatoms. The predicted octanol–water partition coefficient (Wildman–Crippen LogP) is 2.52. The first-order valence-electron chi connectivity index (χ1n) is 7.07. The van der Waals surface area contributed by atoms with Gasteiger partial charge in [-0.3, -0.25) is 9.59 Å². The van der Waals surface area contributed by atoms with E-state index < -0.39 is 29.9 Å². The molecular formula is C14H26O5. The summed E-state index contributed by atoms with van der Waals surface area (Å²) in [6.07, 6.45) is 3.07. The van der Waals surface area contributed by atoms with E-state index in [0.717, 1.165) is 25.7 Å². The summed E-state index contributed by atoms with van der Waals surface area (Å²) in [5.74, 6) is -3.51. The molecule has 0 aliphatic rings. The normalized spacial score (nSPS) is 15.7. The maximum atomic E-state index is 11.1. The number of aliphatic carboxylic acids is 2. The monoisotopic (exact) mass is 274 g/mol. The van der Waals surface area contributed by atoms with Crippen molar-refractivity contribution in [3.8, 4) is 0 Å². The summed E-state index contributed by atoms with van der Waals surface area (Å²) in [6.45, 7) is 3.92. The fraction of sp³-hybridized carbons (Fsp3) is 0.857. The van der Waals surface area contributed by atoms with Gasteiger partial charge in [0.25, 0.3) is 0 Å². The first-order valence-corrected chi connectivity index (χ1v) is 7.07. The summed E-state index contributed by atoms with van der Waals surface area (Å²) in [6, 6.07) is 0. The minimum atomic E-state index is -1.08. The van der Waals surface area contributed by atoms with E-state index in [9.17, 15) is 14.7 Å². The summed E-state index contributed by atoms with van der Waals surface area (Å²) in [5, 5.41) is 28.2. The van der Waals surface area contributed by atoms with Crippen LogP contribution in [0.3, 0.4) is 0 Å². The molecule has 0 heterocycles. The topological polar surface area (TPSA) is 94.8 Å². The molecule has 0 aliphatic heterocycles. The summed E-state index contributed by atoms with van der Waals surface area (Å²) in [7, 11) is 0. The maximum absolute atomic E-state index is 11.1. The molecular weight excluding hydrogens is 248 g/mol. The van der Waals surface area contributed by atoms with Gasteiger partial charge in [0.1, 0.15) is 0 Å². The molecule has 0 saturated heterocycles. The molecule has 0 saturated carbocycles. The van der Waals surface area contributed by atoms with Gasteiger partial charge in [0.2, 0.25) is 0 Å². The SMILES string of the molecule is CCCCC(CC(O)C(CCCC)C(=O)O)C(=O)O. The third-order valence-electron chi connectivity index (χ3n) is 3.43. The Bertz CT molecular complexity index is 277. The van der Waals surface area contributed by atoms with E-state index in [-0.39, 0.29) is 6.42 Å². The molecule has 0 aromatic carbocycles. The Morgan fingerprint density at radius 2 is 1.47 bits per heavy atom. The van der Waals surface area contributed by atoms with Crippen molar-refractivity contribution in [2.24, 2.45) is 11.8 Å². The number of aliphatic hydroxyl groups excluding tert-OH is 1. The largest absolute Gasteiger partial charge is 0.481 e. The lowest BCUT2D eigenvalue weighted by molar-refractivity contribution is -0.150. The molecule has 112 valence electrons. The van der Waals surface area contributed by atoms with Crippen LogP contribution in [0.4, 0.5) is 0 Å². The van der Waals surface area contributed by atoms with Crippen molar-refractivity contribution in [2.75, 3.05) is 0 Å². The number of carboxylic acids is 2. The number of carbonyl (C=O) groups is 2. The molecule has 3 unspecified atom stereocenters. The van der Waals surface area contributed by atoms with Crippen LogP contribution in [0.25, 0.3) is 0 Å². The highest BCUT2D eigenvalue weighted by molar-refractivity contribution is 5.72. The van der Waals surface area contributed by atoms with Gasteiger partial charge >= 0.3 is 11.9 Å². The van der Waals surface area contributed by atoms with Crippen LogP contribution in [-0.2, 0) is 9.59 Å². The highest BCUT2D eigenvalue weighted by Gasteiger charge is 2.30. The van der Waals surface area contributed by atoms with Crippen LogP contribution < -0.4 is 0 Å². The van der Waals surface area contributed by atoms with E-state index in [1.54, 1.807) is 0 Å². The van der Waals surface area contributed by atoms with E-state index in [2.05, 4.69) is 0 Å². The Kier molecular flexibility index (Phi) is 9.21. The molecule has 3 atom stereocenters. The van der Waals surface area contributed by atoms with Gasteiger partial charge in [0.05, 0.1) is 17.9 Å². The van der Waals surface area contributed by atoms with Gasteiger partial charge in [0.15, 0.2) is 0 Å². The average molecular weight is 274 g/mol. The fourth-order valence-electron chi connectivity index (χ4n) is 2.15. The van der Waals surface area contributed by atoms with Crippen LogP contribution in [0.5, 0.6) is 0 Å². The summed E-state index contributed by atoms with van der Waals surface area (Å²) < 4.78 is 0. The molecule has 0 spiro atoms. The van der Waals surface area contributed by atoms with Gasteiger partial charge in [-0.05, 0) is 19.3 Å². The van der Waals surface area contributed by atoms with Crippen molar-refractivity contribution in [1.82, 2.24) is 0 Å². The Morgan fingerprint density at radius 1 is 0.947 bits per heavy atom. The van der Waals surface area contributed by atoms with Crippen molar-refractivity contribution < 1.29 is 24.9 Å². The fourth-order valence-corrected chi connectivity index (χ4v) is 2.15. The van der Waals surface area contributed by atoms with Crippen molar-refractivity contribution in [2.45, 2.75) is 64.9 Å². The number of hydrogen-bond donors (Lipinski definition) is 3. The van der Waals surface area contributed by atoms with Crippen molar-refractivity contribution >= 4 is 11.9 Å². The Morgan fingerprint density at radius 3 is 1.89 bits per heavy atom. The third kappa shape index (κ3) is 7.15. The lowest BCUT2D eigenvalue weighted by atomic mass is 9.87. The molecule has 19 heavy (non-hydrogen) atoms. The van der Waals surface area contributed by atoms with E-state index in [0.29, 0.717) is 12.8 Å². The van der Waals surface area contributed by atoms with Crippen molar-refractivity contribution in [3.05, 3.63) is 0 Å². The van der Waals surface area contributed by atoms with Gasteiger partial charge in [-0.2, -0.15) is 0 Å². The lowest BCUT2D eigenvalue weighted by Gasteiger charge is -2.22. The zero-order valence-electron chi connectivity index (χ0n) is 11.8. The zero-order valence-corrected chi connectivity index (χ0v) is 11.8. The molecule has 0 rings (SSSR count). The summed E-state index contributed by atoms with van der Waals surface area (Å²) in [4.78, 5) is 22.2. The second-order valence-electron chi connectivity index (χ2n) is 5.07. The molecule has 0 aromatic rings. The van der Waals surface area contributed by atoms with Gasteiger partial charge in [-0.15, -0.1) is 0 Å². The molecule has 0 radical (unpaired) electrons. The predicted molar refractivity (Wildman–Crippen MR) is 71.9 cm³/mol. The van der Waals surface area contributed by atoms with Crippen LogP contribution >= 0.6 is 0 Å². The van der Waals surface area contributed by atoms with Gasteiger partial charge in [0, 0.05) is 0 Å². The molecule has 0 amide bonds. The standard InChI is InChI=1S/C14H26O5/c1-3-5-7-10(13(16)17)9-12(15)11(14(18)19)8-6-4-2/h10-12,15H,3-9H2,1-2H3,(H,16,17)(H,18,19). The highest BCUT2D eigenvalue weighted by Crippen LogP contribution is 2.23. The lowest BCUT2D eigenvalue weighted by Crippen LogP contribution is -2.32. The Hall–Kier alpha value is -1.10. The molecule has 5 nitrogen and oxygen atoms in total. The summed E-state index contributed by atoms with van der Waals surface area (Å²) >= 11 is 0. The molecule has 0 bridgehead atoms. The quantitative estimate of drug-likeness (QED) is 0.538.